The van der Waals surface area contributed by atoms with Gasteiger partial charge in [-0.15, -0.1) is 0 Å². The van der Waals surface area contributed by atoms with E-state index in [0.29, 0.717) is 12.2 Å². The van der Waals surface area contributed by atoms with E-state index in [0.717, 1.165) is 24.7 Å². The van der Waals surface area contributed by atoms with E-state index in [1.165, 1.54) is 6.92 Å². The number of nitrogens with two attached hydrogens (primary N) is 1. The molecule has 1 aromatic carbocycles. The van der Waals surface area contributed by atoms with Crippen molar-refractivity contribution in [3.8, 4) is 0 Å². The zero-order valence-corrected chi connectivity index (χ0v) is 12.6. The molecular formula is C14H20N2O3S. The van der Waals surface area contributed by atoms with Gasteiger partial charge >= 0.3 is 0 Å². The smallest absolute Gasteiger partial charge is 0.241 e. The Kier molecular flexibility index (Phi) is 4.04. The van der Waals surface area contributed by atoms with E-state index in [-0.39, 0.29) is 11.9 Å². The van der Waals surface area contributed by atoms with E-state index >= 15 is 0 Å². The van der Waals surface area contributed by atoms with Crippen LogP contribution in [-0.4, -0.2) is 36.8 Å². The zero-order valence-electron chi connectivity index (χ0n) is 11.7. The quantitative estimate of drug-likeness (QED) is 0.828. The Morgan fingerprint density at radius 1 is 1.40 bits per heavy atom. The molecule has 0 saturated heterocycles. The summed E-state index contributed by atoms with van der Waals surface area (Å²) in [6.07, 6.45) is 2.95. The molecular weight excluding hydrogens is 276 g/mol. The predicted octanol–water partition coefficient (Wildman–Crippen LogP) is 1.19. The van der Waals surface area contributed by atoms with Gasteiger partial charge in [-0.1, -0.05) is 18.2 Å². The number of carbonyl (C=O) groups excluding carboxylic acids is 1. The fourth-order valence-corrected chi connectivity index (χ4v) is 2.55. The highest BCUT2D eigenvalue weighted by molar-refractivity contribution is 7.92. The van der Waals surface area contributed by atoms with Gasteiger partial charge in [0.2, 0.25) is 5.91 Å². The molecule has 1 aliphatic rings. The number of hydrogen-bond donors (Lipinski definition) is 1. The van der Waals surface area contributed by atoms with Crippen LogP contribution in [0.15, 0.2) is 24.3 Å². The number of nitrogen functional groups attached to an aromatic ring is 1. The normalized spacial score (nSPS) is 16.7. The van der Waals surface area contributed by atoms with E-state index in [1.54, 1.807) is 11.0 Å². The SMILES string of the molecule is CC(C(=O)N(Cc1ccccc1N)C1CC1)S(C)(=O)=O. The Hall–Kier alpha value is -1.56. The molecule has 1 unspecified atom stereocenters. The van der Waals surface area contributed by atoms with Crippen LogP contribution in [-0.2, 0) is 21.2 Å². The van der Waals surface area contributed by atoms with Crippen molar-refractivity contribution < 1.29 is 13.2 Å². The number of carbonyl (C=O) groups is 1. The lowest BCUT2D eigenvalue weighted by Gasteiger charge is -2.25. The largest absolute Gasteiger partial charge is 0.398 e. The van der Waals surface area contributed by atoms with E-state index in [1.807, 2.05) is 18.2 Å². The molecule has 0 aliphatic heterocycles. The molecule has 1 saturated carbocycles. The fraction of sp³-hybridized carbons (Fsp3) is 0.500. The third kappa shape index (κ3) is 3.30. The lowest BCUT2D eigenvalue weighted by Crippen LogP contribution is -2.42. The topological polar surface area (TPSA) is 80.5 Å². The summed E-state index contributed by atoms with van der Waals surface area (Å²) in [5, 5.41) is -1.01. The van der Waals surface area contributed by atoms with Gasteiger partial charge in [0, 0.05) is 24.5 Å². The Labute approximate surface area is 119 Å². The van der Waals surface area contributed by atoms with Crippen LogP contribution in [0.1, 0.15) is 25.3 Å². The first-order valence-corrected chi connectivity index (χ1v) is 8.59. The first kappa shape index (κ1) is 14.8. The van der Waals surface area contributed by atoms with Gasteiger partial charge in [0.15, 0.2) is 9.84 Å². The Morgan fingerprint density at radius 3 is 2.50 bits per heavy atom. The molecule has 5 nitrogen and oxygen atoms in total. The van der Waals surface area contributed by atoms with Crippen LogP contribution in [0.25, 0.3) is 0 Å². The van der Waals surface area contributed by atoms with Gasteiger partial charge in [0.1, 0.15) is 5.25 Å². The molecule has 2 N–H and O–H groups in total. The maximum absolute atomic E-state index is 12.4. The molecule has 0 bridgehead atoms. The van der Waals surface area contributed by atoms with E-state index in [9.17, 15) is 13.2 Å². The second-order valence-corrected chi connectivity index (χ2v) is 7.73. The molecule has 0 heterocycles. The number of nitrogens with zero attached hydrogens (tertiary/aromatic N) is 1. The van der Waals surface area contributed by atoms with Gasteiger partial charge < -0.3 is 10.6 Å². The molecule has 0 aromatic heterocycles. The van der Waals surface area contributed by atoms with Crippen LogP contribution in [0.2, 0.25) is 0 Å². The third-order valence-corrected chi connectivity index (χ3v) is 5.14. The van der Waals surface area contributed by atoms with Gasteiger partial charge in [0.05, 0.1) is 0 Å². The maximum atomic E-state index is 12.4. The van der Waals surface area contributed by atoms with Crippen LogP contribution in [0.3, 0.4) is 0 Å². The minimum Gasteiger partial charge on any atom is -0.398 e. The molecule has 0 radical (unpaired) electrons. The second-order valence-electron chi connectivity index (χ2n) is 5.37. The average molecular weight is 296 g/mol. The van der Waals surface area contributed by atoms with Gasteiger partial charge in [-0.3, -0.25) is 4.79 Å². The molecule has 1 atom stereocenters. The first-order valence-electron chi connectivity index (χ1n) is 6.63. The number of rotatable bonds is 5. The minimum atomic E-state index is -3.38. The minimum absolute atomic E-state index is 0.145. The Morgan fingerprint density at radius 2 is 2.00 bits per heavy atom. The maximum Gasteiger partial charge on any atom is 0.241 e. The standard InChI is InChI=1S/C14H20N2O3S/c1-10(20(2,18)19)14(17)16(12-7-8-12)9-11-5-3-4-6-13(11)15/h3-6,10,12H,7-9,15H2,1-2H3. The van der Waals surface area contributed by atoms with Gasteiger partial charge in [-0.25, -0.2) is 8.42 Å². The summed E-state index contributed by atoms with van der Waals surface area (Å²) in [6.45, 7) is 1.82. The molecule has 20 heavy (non-hydrogen) atoms. The summed E-state index contributed by atoms with van der Waals surface area (Å²) in [5.41, 5.74) is 7.37. The van der Waals surface area contributed by atoms with Crippen molar-refractivity contribution >= 4 is 21.4 Å². The van der Waals surface area contributed by atoms with E-state index in [2.05, 4.69) is 0 Å². The number of hydrogen-bond acceptors (Lipinski definition) is 4. The fourth-order valence-electron chi connectivity index (χ4n) is 2.05. The lowest BCUT2D eigenvalue weighted by molar-refractivity contribution is -0.131. The van der Waals surface area contributed by atoms with Crippen molar-refractivity contribution in [2.75, 3.05) is 12.0 Å². The van der Waals surface area contributed by atoms with E-state index < -0.39 is 15.1 Å². The highest BCUT2D eigenvalue weighted by atomic mass is 32.2. The highest BCUT2D eigenvalue weighted by Crippen LogP contribution is 2.30. The summed E-state index contributed by atoms with van der Waals surface area (Å²) in [7, 11) is -3.38. The number of sulfone groups is 1. The molecule has 2 rings (SSSR count). The molecule has 1 amide bonds. The molecule has 1 fully saturated rings. The predicted molar refractivity (Wildman–Crippen MR) is 78.7 cm³/mol. The third-order valence-electron chi connectivity index (χ3n) is 3.66. The van der Waals surface area contributed by atoms with Crippen molar-refractivity contribution in [1.82, 2.24) is 4.90 Å². The van der Waals surface area contributed by atoms with Gasteiger partial charge in [-0.05, 0) is 31.4 Å². The lowest BCUT2D eigenvalue weighted by atomic mass is 10.1. The van der Waals surface area contributed by atoms with Crippen molar-refractivity contribution in [1.29, 1.82) is 0 Å². The molecule has 1 aromatic rings. The monoisotopic (exact) mass is 296 g/mol. The van der Waals surface area contributed by atoms with E-state index in [4.69, 9.17) is 5.73 Å². The highest BCUT2D eigenvalue weighted by Gasteiger charge is 2.37. The number of benzene rings is 1. The summed E-state index contributed by atoms with van der Waals surface area (Å²) < 4.78 is 23.1. The molecule has 110 valence electrons. The van der Waals surface area contributed by atoms with Gasteiger partial charge in [-0.2, -0.15) is 0 Å². The molecule has 6 heteroatoms. The second kappa shape index (κ2) is 5.44. The Balaban J connectivity index is 2.20. The average Bonchev–Trinajstić information content (AvgIpc) is 3.19. The summed E-state index contributed by atoms with van der Waals surface area (Å²) in [5.74, 6) is -0.335. The van der Waals surface area contributed by atoms with Crippen molar-refractivity contribution in [3.05, 3.63) is 29.8 Å². The number of amides is 1. The number of para-hydroxylation sites is 1. The summed E-state index contributed by atoms with van der Waals surface area (Å²) in [6, 6.07) is 7.49. The zero-order chi connectivity index (χ0) is 14.9. The first-order chi connectivity index (χ1) is 9.30. The van der Waals surface area contributed by atoms with Crippen LogP contribution in [0.5, 0.6) is 0 Å². The summed E-state index contributed by atoms with van der Waals surface area (Å²) in [4.78, 5) is 14.0. The van der Waals surface area contributed by atoms with Crippen LogP contribution < -0.4 is 5.73 Å². The summed E-state index contributed by atoms with van der Waals surface area (Å²) >= 11 is 0. The van der Waals surface area contributed by atoms with Crippen LogP contribution in [0.4, 0.5) is 5.69 Å². The van der Waals surface area contributed by atoms with Crippen molar-refractivity contribution in [2.24, 2.45) is 0 Å². The molecule has 0 spiro atoms. The van der Waals surface area contributed by atoms with Crippen molar-refractivity contribution in [3.63, 3.8) is 0 Å². The molecule has 1 aliphatic carbocycles. The number of anilines is 1. The van der Waals surface area contributed by atoms with Gasteiger partial charge in [0.25, 0.3) is 0 Å². The Bertz CT molecular complexity index is 609. The van der Waals surface area contributed by atoms with Crippen LogP contribution >= 0.6 is 0 Å². The van der Waals surface area contributed by atoms with Crippen LogP contribution in [0, 0.1) is 0 Å². The van der Waals surface area contributed by atoms with Crippen molar-refractivity contribution in [2.45, 2.75) is 37.6 Å².